The van der Waals surface area contributed by atoms with Crippen LogP contribution in [0.2, 0.25) is 0 Å². The van der Waals surface area contributed by atoms with E-state index in [-0.39, 0.29) is 0 Å². The zero-order chi connectivity index (χ0) is 12.5. The summed E-state index contributed by atoms with van der Waals surface area (Å²) in [5, 5.41) is 0. The number of nitrogens with zero attached hydrogens (tertiary/aromatic N) is 3. The standard InChI is InChI=1S/C14H31N3/c1-4-15-9-7-11-16(5-2)13-14-17(6-3)12-8-10-15/h4-14H2,1-3H3. The first-order valence-electron chi connectivity index (χ1n) is 7.47. The zero-order valence-electron chi connectivity index (χ0n) is 12.1. The van der Waals surface area contributed by atoms with Crippen molar-refractivity contribution in [1.29, 1.82) is 0 Å². The second-order valence-corrected chi connectivity index (χ2v) is 5.01. The molecule has 1 saturated heterocycles. The van der Waals surface area contributed by atoms with Gasteiger partial charge in [-0.1, -0.05) is 20.8 Å². The van der Waals surface area contributed by atoms with E-state index in [0.29, 0.717) is 0 Å². The van der Waals surface area contributed by atoms with Crippen molar-refractivity contribution in [2.75, 3.05) is 58.9 Å². The highest BCUT2D eigenvalue weighted by Crippen LogP contribution is 2.02. The summed E-state index contributed by atoms with van der Waals surface area (Å²) < 4.78 is 0. The molecular formula is C14H31N3. The van der Waals surface area contributed by atoms with Crippen LogP contribution in [-0.2, 0) is 0 Å². The van der Waals surface area contributed by atoms with Crippen LogP contribution in [0.15, 0.2) is 0 Å². The second-order valence-electron chi connectivity index (χ2n) is 5.01. The van der Waals surface area contributed by atoms with Crippen LogP contribution in [0.25, 0.3) is 0 Å². The van der Waals surface area contributed by atoms with Gasteiger partial charge in [0, 0.05) is 13.1 Å². The first-order chi connectivity index (χ1) is 8.30. The topological polar surface area (TPSA) is 9.72 Å². The third kappa shape index (κ3) is 5.84. The van der Waals surface area contributed by atoms with Gasteiger partial charge in [-0.3, -0.25) is 0 Å². The highest BCUT2D eigenvalue weighted by atomic mass is 15.2. The van der Waals surface area contributed by atoms with Crippen molar-refractivity contribution in [2.45, 2.75) is 33.6 Å². The molecule has 17 heavy (non-hydrogen) atoms. The average Bonchev–Trinajstić information content (AvgIpc) is 2.41. The van der Waals surface area contributed by atoms with Crippen LogP contribution >= 0.6 is 0 Å². The minimum atomic E-state index is 1.20. The zero-order valence-corrected chi connectivity index (χ0v) is 12.1. The number of hydrogen-bond acceptors (Lipinski definition) is 3. The van der Waals surface area contributed by atoms with Gasteiger partial charge in [0.2, 0.25) is 0 Å². The van der Waals surface area contributed by atoms with E-state index in [1.807, 2.05) is 0 Å². The number of rotatable bonds is 3. The molecule has 0 aliphatic carbocycles. The molecule has 0 unspecified atom stereocenters. The third-order valence-electron chi connectivity index (χ3n) is 3.97. The normalized spacial score (nSPS) is 23.5. The van der Waals surface area contributed by atoms with Crippen LogP contribution in [0.3, 0.4) is 0 Å². The average molecular weight is 241 g/mol. The maximum absolute atomic E-state index is 2.60. The molecule has 0 aromatic heterocycles. The lowest BCUT2D eigenvalue weighted by molar-refractivity contribution is 0.216. The second kappa shape index (κ2) is 8.90. The fraction of sp³-hybridized carbons (Fsp3) is 1.00. The van der Waals surface area contributed by atoms with Crippen LogP contribution in [0.4, 0.5) is 0 Å². The Morgan fingerprint density at radius 3 is 1.12 bits per heavy atom. The van der Waals surface area contributed by atoms with E-state index >= 15 is 0 Å². The summed E-state index contributed by atoms with van der Waals surface area (Å²) in [5.41, 5.74) is 0. The van der Waals surface area contributed by atoms with Crippen LogP contribution in [0, 0.1) is 0 Å². The maximum Gasteiger partial charge on any atom is 0.0109 e. The molecule has 0 bridgehead atoms. The molecule has 0 aromatic carbocycles. The van der Waals surface area contributed by atoms with Crippen molar-refractivity contribution in [3.8, 4) is 0 Å². The Kier molecular flexibility index (Phi) is 7.82. The van der Waals surface area contributed by atoms with Crippen molar-refractivity contribution in [3.63, 3.8) is 0 Å². The lowest BCUT2D eigenvalue weighted by Gasteiger charge is -2.25. The molecule has 0 atom stereocenters. The Morgan fingerprint density at radius 1 is 0.529 bits per heavy atom. The van der Waals surface area contributed by atoms with Crippen molar-refractivity contribution in [2.24, 2.45) is 0 Å². The Morgan fingerprint density at radius 2 is 0.824 bits per heavy atom. The summed E-state index contributed by atoms with van der Waals surface area (Å²) in [6.45, 7) is 18.0. The van der Waals surface area contributed by atoms with E-state index in [4.69, 9.17) is 0 Å². The molecule has 1 rings (SSSR count). The summed E-state index contributed by atoms with van der Waals surface area (Å²) in [5.74, 6) is 0. The van der Waals surface area contributed by atoms with Crippen molar-refractivity contribution < 1.29 is 0 Å². The van der Waals surface area contributed by atoms with Gasteiger partial charge >= 0.3 is 0 Å². The molecule has 0 amide bonds. The molecule has 0 aromatic rings. The predicted octanol–water partition coefficient (Wildman–Crippen LogP) is 1.75. The van der Waals surface area contributed by atoms with Crippen LogP contribution in [0.1, 0.15) is 33.6 Å². The molecule has 0 radical (unpaired) electrons. The van der Waals surface area contributed by atoms with E-state index < -0.39 is 0 Å². The van der Waals surface area contributed by atoms with Crippen LogP contribution < -0.4 is 0 Å². The minimum absolute atomic E-state index is 1.20. The van der Waals surface area contributed by atoms with Crippen LogP contribution in [-0.4, -0.2) is 73.6 Å². The summed E-state index contributed by atoms with van der Waals surface area (Å²) >= 11 is 0. The highest BCUT2D eigenvalue weighted by Gasteiger charge is 2.10. The predicted molar refractivity (Wildman–Crippen MR) is 75.6 cm³/mol. The first kappa shape index (κ1) is 14.9. The Balaban J connectivity index is 2.46. The molecule has 0 spiro atoms. The summed E-state index contributed by atoms with van der Waals surface area (Å²) in [4.78, 5) is 7.80. The number of hydrogen-bond donors (Lipinski definition) is 0. The molecule has 1 fully saturated rings. The van der Waals surface area contributed by atoms with Gasteiger partial charge in [-0.05, 0) is 58.7 Å². The lowest BCUT2D eigenvalue weighted by atomic mass is 10.3. The van der Waals surface area contributed by atoms with E-state index in [2.05, 4.69) is 35.5 Å². The monoisotopic (exact) mass is 241 g/mol. The summed E-state index contributed by atoms with van der Waals surface area (Å²) in [6.07, 6.45) is 2.65. The lowest BCUT2D eigenvalue weighted by Crippen LogP contribution is -2.36. The fourth-order valence-corrected chi connectivity index (χ4v) is 2.60. The fourth-order valence-electron chi connectivity index (χ4n) is 2.60. The largest absolute Gasteiger partial charge is 0.304 e. The highest BCUT2D eigenvalue weighted by molar-refractivity contribution is 4.67. The molecule has 0 saturated carbocycles. The molecular weight excluding hydrogens is 210 g/mol. The Hall–Kier alpha value is -0.120. The minimum Gasteiger partial charge on any atom is -0.304 e. The SMILES string of the molecule is CCN1CCCN(CC)CCN(CC)CCC1. The molecule has 3 nitrogen and oxygen atoms in total. The van der Waals surface area contributed by atoms with Gasteiger partial charge < -0.3 is 14.7 Å². The summed E-state index contributed by atoms with van der Waals surface area (Å²) in [6, 6.07) is 0. The molecule has 102 valence electrons. The molecule has 3 heteroatoms. The summed E-state index contributed by atoms with van der Waals surface area (Å²) in [7, 11) is 0. The van der Waals surface area contributed by atoms with Crippen molar-refractivity contribution in [1.82, 2.24) is 14.7 Å². The molecule has 1 aliphatic rings. The Labute approximate surface area is 108 Å². The van der Waals surface area contributed by atoms with E-state index in [1.54, 1.807) is 0 Å². The van der Waals surface area contributed by atoms with Gasteiger partial charge in [0.25, 0.3) is 0 Å². The molecule has 0 N–H and O–H groups in total. The van der Waals surface area contributed by atoms with Crippen molar-refractivity contribution >= 4 is 0 Å². The maximum atomic E-state index is 2.60. The van der Waals surface area contributed by atoms with Crippen molar-refractivity contribution in [3.05, 3.63) is 0 Å². The van der Waals surface area contributed by atoms with E-state index in [0.717, 1.165) is 0 Å². The smallest absolute Gasteiger partial charge is 0.0109 e. The van der Waals surface area contributed by atoms with Gasteiger partial charge in [-0.15, -0.1) is 0 Å². The van der Waals surface area contributed by atoms with E-state index in [1.165, 1.54) is 71.7 Å². The number of likely N-dealkylation sites (N-methyl/N-ethyl adjacent to an activating group) is 2. The third-order valence-corrected chi connectivity index (χ3v) is 3.97. The van der Waals surface area contributed by atoms with Gasteiger partial charge in [0.05, 0.1) is 0 Å². The molecule has 1 aliphatic heterocycles. The first-order valence-corrected chi connectivity index (χ1v) is 7.47. The Bertz CT molecular complexity index is 166. The van der Waals surface area contributed by atoms with E-state index in [9.17, 15) is 0 Å². The van der Waals surface area contributed by atoms with Gasteiger partial charge in [-0.25, -0.2) is 0 Å². The quantitative estimate of drug-likeness (QED) is 0.745. The molecule has 1 heterocycles. The van der Waals surface area contributed by atoms with Crippen LogP contribution in [0.5, 0.6) is 0 Å². The van der Waals surface area contributed by atoms with Gasteiger partial charge in [0.15, 0.2) is 0 Å². The van der Waals surface area contributed by atoms with Gasteiger partial charge in [0.1, 0.15) is 0 Å². The van der Waals surface area contributed by atoms with Gasteiger partial charge in [-0.2, -0.15) is 0 Å².